The van der Waals surface area contributed by atoms with Crippen LogP contribution < -0.4 is 5.32 Å². The third-order valence-electron chi connectivity index (χ3n) is 3.82. The van der Waals surface area contributed by atoms with Gasteiger partial charge in [-0.15, -0.1) is 22.7 Å². The van der Waals surface area contributed by atoms with Gasteiger partial charge in [0.1, 0.15) is 4.88 Å². The zero-order valence-corrected chi connectivity index (χ0v) is 16.0. The minimum atomic E-state index is -0.469. The van der Waals surface area contributed by atoms with Gasteiger partial charge in [0.25, 0.3) is 5.91 Å². The second-order valence-electron chi connectivity index (χ2n) is 5.78. The summed E-state index contributed by atoms with van der Waals surface area (Å²) in [5.74, 6) is -0.757. The van der Waals surface area contributed by atoms with Gasteiger partial charge in [-0.1, -0.05) is 35.9 Å². The lowest BCUT2D eigenvalue weighted by Crippen LogP contribution is -2.30. The number of nitrogens with one attached hydrogen (secondary N) is 1. The van der Waals surface area contributed by atoms with Gasteiger partial charge in [-0.3, -0.25) is 4.79 Å². The molecule has 1 aromatic carbocycles. The Hall–Kier alpha value is -2.44. The highest BCUT2D eigenvalue weighted by Crippen LogP contribution is 2.29. The molecular formula is C20H19NO3S2. The third-order valence-corrected chi connectivity index (χ3v) is 5.65. The van der Waals surface area contributed by atoms with Crippen molar-refractivity contribution in [2.24, 2.45) is 0 Å². The first-order valence-corrected chi connectivity index (χ1v) is 10.00. The van der Waals surface area contributed by atoms with E-state index in [1.165, 1.54) is 16.2 Å². The fourth-order valence-corrected chi connectivity index (χ4v) is 3.97. The minimum absolute atomic E-state index is 0.269. The molecule has 4 nitrogen and oxygen atoms in total. The third kappa shape index (κ3) is 4.80. The Kier molecular flexibility index (Phi) is 6.20. The Morgan fingerprint density at radius 1 is 1.04 bits per heavy atom. The van der Waals surface area contributed by atoms with E-state index in [0.717, 1.165) is 23.1 Å². The topological polar surface area (TPSA) is 55.4 Å². The molecule has 0 fully saturated rings. The van der Waals surface area contributed by atoms with Crippen molar-refractivity contribution in [1.82, 2.24) is 5.32 Å². The molecule has 0 unspecified atom stereocenters. The van der Waals surface area contributed by atoms with Gasteiger partial charge in [-0.2, -0.15) is 0 Å². The Bertz CT molecular complexity index is 867. The van der Waals surface area contributed by atoms with Gasteiger partial charge in [-0.25, -0.2) is 4.79 Å². The summed E-state index contributed by atoms with van der Waals surface area (Å²) in [5.41, 5.74) is 2.95. The molecule has 0 saturated carbocycles. The van der Waals surface area contributed by atoms with E-state index < -0.39 is 5.97 Å². The molecule has 1 N–H and O–H groups in total. The molecule has 0 saturated heterocycles. The SMILES string of the molecule is Cc1ccc(-c2ccsc2C(=O)OCC(=O)NCCc2cccs2)cc1. The quantitative estimate of drug-likeness (QED) is 0.617. The maximum atomic E-state index is 12.3. The van der Waals surface area contributed by atoms with E-state index in [9.17, 15) is 9.59 Å². The molecule has 26 heavy (non-hydrogen) atoms. The predicted molar refractivity (Wildman–Crippen MR) is 106 cm³/mol. The molecule has 2 aromatic heterocycles. The summed E-state index contributed by atoms with van der Waals surface area (Å²) in [5, 5.41) is 6.63. The molecule has 6 heteroatoms. The van der Waals surface area contributed by atoms with E-state index in [1.807, 2.05) is 60.1 Å². The van der Waals surface area contributed by atoms with Crippen LogP contribution in [0.1, 0.15) is 20.1 Å². The first kappa shape index (κ1) is 18.4. The summed E-state index contributed by atoms with van der Waals surface area (Å²) in [7, 11) is 0. The van der Waals surface area contributed by atoms with Gasteiger partial charge < -0.3 is 10.1 Å². The van der Waals surface area contributed by atoms with E-state index in [-0.39, 0.29) is 12.5 Å². The first-order chi connectivity index (χ1) is 12.6. The van der Waals surface area contributed by atoms with Crippen LogP contribution in [0.4, 0.5) is 0 Å². The Morgan fingerprint density at radius 2 is 1.85 bits per heavy atom. The number of benzene rings is 1. The molecule has 0 spiro atoms. The maximum absolute atomic E-state index is 12.3. The number of hydrogen-bond donors (Lipinski definition) is 1. The molecule has 0 aliphatic heterocycles. The molecular weight excluding hydrogens is 366 g/mol. The number of thiophene rings is 2. The summed E-state index contributed by atoms with van der Waals surface area (Å²) in [6.45, 7) is 2.28. The lowest BCUT2D eigenvalue weighted by Gasteiger charge is -2.07. The molecule has 0 atom stereocenters. The van der Waals surface area contributed by atoms with Crippen molar-refractivity contribution in [3.05, 3.63) is 68.5 Å². The van der Waals surface area contributed by atoms with Crippen LogP contribution in [0.3, 0.4) is 0 Å². The Morgan fingerprint density at radius 3 is 2.58 bits per heavy atom. The van der Waals surface area contributed by atoms with E-state index in [4.69, 9.17) is 4.74 Å². The van der Waals surface area contributed by atoms with Crippen molar-refractivity contribution in [1.29, 1.82) is 0 Å². The van der Waals surface area contributed by atoms with E-state index >= 15 is 0 Å². The highest BCUT2D eigenvalue weighted by molar-refractivity contribution is 7.12. The van der Waals surface area contributed by atoms with Crippen LogP contribution in [0.2, 0.25) is 0 Å². The molecule has 134 valence electrons. The van der Waals surface area contributed by atoms with E-state index in [0.29, 0.717) is 11.4 Å². The van der Waals surface area contributed by atoms with Gasteiger partial charge in [0.2, 0.25) is 0 Å². The van der Waals surface area contributed by atoms with Crippen LogP contribution in [-0.4, -0.2) is 25.0 Å². The fraction of sp³-hybridized carbons (Fsp3) is 0.200. The predicted octanol–water partition coefficient (Wildman–Crippen LogP) is 4.30. The number of carbonyl (C=O) groups is 2. The number of rotatable bonds is 7. The van der Waals surface area contributed by atoms with Gasteiger partial charge in [0, 0.05) is 17.0 Å². The molecule has 0 aliphatic rings. The minimum Gasteiger partial charge on any atom is -0.451 e. The summed E-state index contributed by atoms with van der Waals surface area (Å²) in [6.07, 6.45) is 0.778. The molecule has 0 aliphatic carbocycles. The molecule has 3 rings (SSSR count). The van der Waals surface area contributed by atoms with Gasteiger partial charge in [-0.05, 0) is 41.8 Å². The number of ether oxygens (including phenoxy) is 1. The lowest BCUT2D eigenvalue weighted by molar-refractivity contribution is -0.124. The van der Waals surface area contributed by atoms with Gasteiger partial charge >= 0.3 is 5.97 Å². The zero-order chi connectivity index (χ0) is 18.4. The molecule has 0 bridgehead atoms. The smallest absolute Gasteiger partial charge is 0.349 e. The summed E-state index contributed by atoms with van der Waals surface area (Å²) < 4.78 is 5.18. The highest BCUT2D eigenvalue weighted by atomic mass is 32.1. The van der Waals surface area contributed by atoms with Crippen LogP contribution in [0.5, 0.6) is 0 Å². The summed E-state index contributed by atoms with van der Waals surface area (Å²) >= 11 is 2.98. The van der Waals surface area contributed by atoms with E-state index in [1.54, 1.807) is 11.3 Å². The number of esters is 1. The van der Waals surface area contributed by atoms with Crippen molar-refractivity contribution < 1.29 is 14.3 Å². The van der Waals surface area contributed by atoms with Gasteiger partial charge in [0.15, 0.2) is 6.61 Å². The van der Waals surface area contributed by atoms with Gasteiger partial charge in [0.05, 0.1) is 0 Å². The number of carbonyl (C=O) groups excluding carboxylic acids is 2. The molecule has 0 radical (unpaired) electrons. The Labute approximate surface area is 160 Å². The zero-order valence-electron chi connectivity index (χ0n) is 14.4. The molecule has 2 heterocycles. The summed E-state index contributed by atoms with van der Waals surface area (Å²) in [4.78, 5) is 25.9. The van der Waals surface area contributed by atoms with Crippen LogP contribution >= 0.6 is 22.7 Å². The van der Waals surface area contributed by atoms with Crippen molar-refractivity contribution in [2.75, 3.05) is 13.2 Å². The first-order valence-electron chi connectivity index (χ1n) is 8.24. The standard InChI is InChI=1S/C20H19NO3S2/c1-14-4-6-15(7-5-14)17-9-12-26-19(17)20(23)24-13-18(22)21-10-8-16-3-2-11-25-16/h2-7,9,11-12H,8,10,13H2,1H3,(H,21,22). The fourth-order valence-electron chi connectivity index (χ4n) is 2.46. The number of hydrogen-bond acceptors (Lipinski definition) is 5. The van der Waals surface area contributed by atoms with Crippen molar-refractivity contribution in [3.63, 3.8) is 0 Å². The van der Waals surface area contributed by atoms with Crippen molar-refractivity contribution in [2.45, 2.75) is 13.3 Å². The van der Waals surface area contributed by atoms with Crippen LogP contribution in [0.15, 0.2) is 53.2 Å². The second-order valence-corrected chi connectivity index (χ2v) is 7.73. The van der Waals surface area contributed by atoms with Crippen molar-refractivity contribution in [3.8, 4) is 11.1 Å². The molecule has 3 aromatic rings. The monoisotopic (exact) mass is 385 g/mol. The van der Waals surface area contributed by atoms with Crippen LogP contribution in [0, 0.1) is 6.92 Å². The average Bonchev–Trinajstić information content (AvgIpc) is 3.32. The highest BCUT2D eigenvalue weighted by Gasteiger charge is 2.17. The van der Waals surface area contributed by atoms with Crippen molar-refractivity contribution >= 4 is 34.6 Å². The van der Waals surface area contributed by atoms with E-state index in [2.05, 4.69) is 5.32 Å². The normalized spacial score (nSPS) is 10.5. The number of amides is 1. The maximum Gasteiger partial charge on any atom is 0.349 e. The van der Waals surface area contributed by atoms with Crippen LogP contribution in [-0.2, 0) is 16.0 Å². The average molecular weight is 386 g/mol. The molecule has 1 amide bonds. The second kappa shape index (κ2) is 8.78. The summed E-state index contributed by atoms with van der Waals surface area (Å²) in [6, 6.07) is 13.9. The largest absolute Gasteiger partial charge is 0.451 e. The number of aryl methyl sites for hydroxylation is 1. The lowest BCUT2D eigenvalue weighted by atomic mass is 10.1. The van der Waals surface area contributed by atoms with Crippen LogP contribution in [0.25, 0.3) is 11.1 Å². The Balaban J connectivity index is 1.51.